The minimum atomic E-state index is -0.272. The molecule has 110 valence electrons. The van der Waals surface area contributed by atoms with Crippen molar-refractivity contribution in [1.82, 2.24) is 4.98 Å². The van der Waals surface area contributed by atoms with E-state index in [0.717, 1.165) is 10.5 Å². The number of Topliss-reactive ketones (excluding diaryl/α,β-unsaturated/α-hetero) is 1. The first-order valence-corrected chi connectivity index (χ1v) is 7.73. The van der Waals surface area contributed by atoms with Gasteiger partial charge in [0, 0.05) is 11.8 Å². The molecule has 0 aromatic carbocycles. The zero-order valence-electron chi connectivity index (χ0n) is 12.2. The SMILES string of the molecule is CC(=O)c1nc(N2C(=O)[C@H]3CC(C)=CC[C@H]3C2=O)sc1C. The Morgan fingerprint density at radius 1 is 1.29 bits per heavy atom. The summed E-state index contributed by atoms with van der Waals surface area (Å²) in [6, 6.07) is 0. The molecular weight excluding hydrogens is 288 g/mol. The van der Waals surface area contributed by atoms with Crippen LogP contribution in [0.2, 0.25) is 0 Å². The summed E-state index contributed by atoms with van der Waals surface area (Å²) < 4.78 is 0. The molecule has 21 heavy (non-hydrogen) atoms. The van der Waals surface area contributed by atoms with Gasteiger partial charge < -0.3 is 0 Å². The van der Waals surface area contributed by atoms with Crippen LogP contribution in [0.5, 0.6) is 0 Å². The Kier molecular flexibility index (Phi) is 3.28. The maximum Gasteiger partial charge on any atom is 0.239 e. The van der Waals surface area contributed by atoms with Gasteiger partial charge in [-0.3, -0.25) is 14.4 Å². The number of amides is 2. The van der Waals surface area contributed by atoms with E-state index < -0.39 is 0 Å². The first kappa shape index (κ1) is 14.1. The Hall–Kier alpha value is -1.82. The molecule has 2 heterocycles. The first-order valence-electron chi connectivity index (χ1n) is 6.92. The van der Waals surface area contributed by atoms with E-state index in [1.54, 1.807) is 6.92 Å². The fourth-order valence-corrected chi connectivity index (χ4v) is 4.00. The third kappa shape index (κ3) is 2.14. The second kappa shape index (κ2) is 4.87. The second-order valence-electron chi connectivity index (χ2n) is 5.67. The molecule has 1 fully saturated rings. The number of nitrogens with zero attached hydrogens (tertiary/aromatic N) is 2. The second-order valence-corrected chi connectivity index (χ2v) is 6.85. The van der Waals surface area contributed by atoms with Crippen molar-refractivity contribution in [2.75, 3.05) is 4.90 Å². The zero-order valence-corrected chi connectivity index (χ0v) is 13.0. The van der Waals surface area contributed by atoms with Gasteiger partial charge in [0.2, 0.25) is 11.8 Å². The highest BCUT2D eigenvalue weighted by Gasteiger charge is 2.49. The molecule has 2 amide bonds. The molecule has 0 N–H and O–H groups in total. The number of aryl methyl sites for hydroxylation is 1. The first-order chi connectivity index (χ1) is 9.90. The Morgan fingerprint density at radius 3 is 2.57 bits per heavy atom. The van der Waals surface area contributed by atoms with Crippen molar-refractivity contribution in [2.24, 2.45) is 11.8 Å². The number of thiazole rings is 1. The molecule has 1 saturated heterocycles. The number of rotatable bonds is 2. The minimum absolute atomic E-state index is 0.149. The van der Waals surface area contributed by atoms with Crippen LogP contribution in [0.15, 0.2) is 11.6 Å². The monoisotopic (exact) mass is 304 g/mol. The number of imide groups is 1. The molecule has 6 heteroatoms. The van der Waals surface area contributed by atoms with Crippen LogP contribution < -0.4 is 4.90 Å². The van der Waals surface area contributed by atoms with Crippen LogP contribution in [-0.2, 0) is 9.59 Å². The molecule has 0 unspecified atom stereocenters. The molecule has 1 aromatic rings. The topological polar surface area (TPSA) is 67.3 Å². The normalized spacial score (nSPS) is 25.1. The van der Waals surface area contributed by atoms with E-state index in [4.69, 9.17) is 0 Å². The summed E-state index contributed by atoms with van der Waals surface area (Å²) >= 11 is 1.23. The van der Waals surface area contributed by atoms with Crippen molar-refractivity contribution >= 4 is 34.1 Å². The van der Waals surface area contributed by atoms with Gasteiger partial charge in [-0.05, 0) is 26.7 Å². The van der Waals surface area contributed by atoms with Gasteiger partial charge in [-0.15, -0.1) is 11.3 Å². The lowest BCUT2D eigenvalue weighted by Crippen LogP contribution is -2.30. The highest BCUT2D eigenvalue weighted by Crippen LogP contribution is 2.41. The highest BCUT2D eigenvalue weighted by molar-refractivity contribution is 7.16. The van der Waals surface area contributed by atoms with Gasteiger partial charge in [0.25, 0.3) is 0 Å². The Bertz CT molecular complexity index is 689. The van der Waals surface area contributed by atoms with Crippen LogP contribution >= 0.6 is 11.3 Å². The number of fused-ring (bicyclic) bond motifs is 1. The Labute approximate surface area is 126 Å². The molecule has 0 spiro atoms. The molecule has 0 bridgehead atoms. The van der Waals surface area contributed by atoms with Gasteiger partial charge in [-0.2, -0.15) is 0 Å². The van der Waals surface area contributed by atoms with Crippen molar-refractivity contribution in [2.45, 2.75) is 33.6 Å². The number of ketones is 1. The minimum Gasteiger partial charge on any atom is -0.293 e. The fraction of sp³-hybridized carbons (Fsp3) is 0.467. The van der Waals surface area contributed by atoms with E-state index in [1.165, 1.54) is 23.2 Å². The number of carbonyl (C=O) groups is 3. The van der Waals surface area contributed by atoms with Crippen molar-refractivity contribution in [3.8, 4) is 0 Å². The van der Waals surface area contributed by atoms with Crippen LogP contribution in [0.4, 0.5) is 5.13 Å². The maximum atomic E-state index is 12.5. The van der Waals surface area contributed by atoms with Gasteiger partial charge >= 0.3 is 0 Å². The average Bonchev–Trinajstić information content (AvgIpc) is 2.90. The predicted molar refractivity (Wildman–Crippen MR) is 79.3 cm³/mol. The van der Waals surface area contributed by atoms with E-state index in [0.29, 0.717) is 23.7 Å². The number of anilines is 1. The van der Waals surface area contributed by atoms with Crippen LogP contribution in [0.25, 0.3) is 0 Å². The van der Waals surface area contributed by atoms with Crippen LogP contribution in [0, 0.1) is 18.8 Å². The maximum absolute atomic E-state index is 12.5. The number of hydrogen-bond acceptors (Lipinski definition) is 5. The number of hydrogen-bond donors (Lipinski definition) is 0. The third-order valence-corrected chi connectivity index (χ3v) is 5.09. The lowest BCUT2D eigenvalue weighted by Gasteiger charge is -2.18. The van der Waals surface area contributed by atoms with E-state index in [1.807, 2.05) is 13.0 Å². The van der Waals surface area contributed by atoms with E-state index in [-0.39, 0.29) is 29.4 Å². The van der Waals surface area contributed by atoms with Crippen LogP contribution in [0.3, 0.4) is 0 Å². The summed E-state index contributed by atoms with van der Waals surface area (Å²) in [5.41, 5.74) is 1.50. The summed E-state index contributed by atoms with van der Waals surface area (Å²) in [4.78, 5) is 42.7. The summed E-state index contributed by atoms with van der Waals surface area (Å²) in [7, 11) is 0. The van der Waals surface area contributed by atoms with Gasteiger partial charge in [-0.1, -0.05) is 11.6 Å². The van der Waals surface area contributed by atoms with Crippen molar-refractivity contribution in [3.63, 3.8) is 0 Å². The molecule has 2 atom stereocenters. The summed E-state index contributed by atoms with van der Waals surface area (Å²) in [6.45, 7) is 5.20. The van der Waals surface area contributed by atoms with Crippen molar-refractivity contribution < 1.29 is 14.4 Å². The predicted octanol–water partition coefficient (Wildman–Crippen LogP) is 2.50. The third-order valence-electron chi connectivity index (χ3n) is 4.13. The number of aromatic nitrogens is 1. The number of carbonyl (C=O) groups excluding carboxylic acids is 3. The molecule has 3 rings (SSSR count). The van der Waals surface area contributed by atoms with Crippen molar-refractivity contribution in [3.05, 3.63) is 22.2 Å². The van der Waals surface area contributed by atoms with Crippen LogP contribution in [-0.4, -0.2) is 22.6 Å². The molecule has 1 aliphatic carbocycles. The standard InChI is InChI=1S/C15H16N2O3S/c1-7-4-5-10-11(6-7)14(20)17(13(10)19)15-16-12(8(2)18)9(3)21-15/h4,10-11H,5-6H2,1-3H3/t10-,11+/m1/s1. The van der Waals surface area contributed by atoms with Gasteiger partial charge in [0.1, 0.15) is 5.69 Å². The Morgan fingerprint density at radius 2 is 1.95 bits per heavy atom. The van der Waals surface area contributed by atoms with E-state index in [9.17, 15) is 14.4 Å². The Balaban J connectivity index is 1.97. The molecule has 1 aromatic heterocycles. The van der Waals surface area contributed by atoms with Gasteiger partial charge in [0.15, 0.2) is 10.9 Å². The largest absolute Gasteiger partial charge is 0.293 e. The lowest BCUT2D eigenvalue weighted by molar-refractivity contribution is -0.122. The highest BCUT2D eigenvalue weighted by atomic mass is 32.1. The molecule has 0 radical (unpaired) electrons. The number of allylic oxidation sites excluding steroid dienone is 2. The quantitative estimate of drug-likeness (QED) is 0.478. The van der Waals surface area contributed by atoms with E-state index >= 15 is 0 Å². The lowest BCUT2D eigenvalue weighted by atomic mass is 9.82. The summed E-state index contributed by atoms with van der Waals surface area (Å²) in [5.74, 6) is -1.05. The molecular formula is C15H16N2O3S. The van der Waals surface area contributed by atoms with Gasteiger partial charge in [0.05, 0.1) is 11.8 Å². The zero-order chi connectivity index (χ0) is 15.3. The fourth-order valence-electron chi connectivity index (χ4n) is 3.03. The van der Waals surface area contributed by atoms with E-state index in [2.05, 4.69) is 4.98 Å². The average molecular weight is 304 g/mol. The molecule has 0 saturated carbocycles. The summed E-state index contributed by atoms with van der Waals surface area (Å²) in [5, 5.41) is 0.333. The molecule has 1 aliphatic heterocycles. The summed E-state index contributed by atoms with van der Waals surface area (Å²) in [6.07, 6.45) is 3.28. The van der Waals surface area contributed by atoms with Crippen LogP contribution in [0.1, 0.15) is 42.1 Å². The molecule has 5 nitrogen and oxygen atoms in total. The van der Waals surface area contributed by atoms with Crippen molar-refractivity contribution in [1.29, 1.82) is 0 Å². The van der Waals surface area contributed by atoms with Gasteiger partial charge in [-0.25, -0.2) is 9.88 Å². The molecule has 2 aliphatic rings. The smallest absolute Gasteiger partial charge is 0.239 e.